The van der Waals surface area contributed by atoms with Crippen molar-refractivity contribution < 1.29 is 10.0 Å². The smallest absolute Gasteiger partial charge is 0.311 e. The molecule has 6 nitrogen and oxygen atoms in total. The normalized spacial score (nSPS) is 12.2. The summed E-state index contributed by atoms with van der Waals surface area (Å²) in [6.07, 6.45) is 1.23. The van der Waals surface area contributed by atoms with E-state index in [2.05, 4.69) is 10.3 Å². The van der Waals surface area contributed by atoms with Crippen molar-refractivity contribution in [1.29, 1.82) is 0 Å². The van der Waals surface area contributed by atoms with Gasteiger partial charge < -0.3 is 10.4 Å². The van der Waals surface area contributed by atoms with Crippen molar-refractivity contribution in [2.45, 2.75) is 25.8 Å². The average Bonchev–Trinajstić information content (AvgIpc) is 2.28. The van der Waals surface area contributed by atoms with E-state index in [1.165, 1.54) is 12.1 Å². The molecule has 0 aliphatic rings. The molecule has 0 aliphatic heterocycles. The Balaban J connectivity index is 2.94. The molecule has 1 aromatic heterocycles. The molecule has 0 amide bonds. The summed E-state index contributed by atoms with van der Waals surface area (Å²) in [5.74, 6) is 0.141. The molecule has 94 valence electrons. The molecule has 17 heavy (non-hydrogen) atoms. The first kappa shape index (κ1) is 13.7. The topological polar surface area (TPSA) is 88.3 Å². The molecule has 0 saturated carbocycles. The molecule has 7 heteroatoms. The van der Waals surface area contributed by atoms with Gasteiger partial charge in [-0.2, -0.15) is 0 Å². The first-order valence-electron chi connectivity index (χ1n) is 5.26. The Morgan fingerprint density at radius 3 is 2.88 bits per heavy atom. The third-order valence-corrected chi connectivity index (χ3v) is 2.56. The highest BCUT2D eigenvalue weighted by Gasteiger charge is 2.18. The second kappa shape index (κ2) is 6.36. The standard InChI is InChI=1S/C10H14ClN3O3/c1-2-7(5-6-15)12-10-8(14(16)17)3-4-9(11)13-10/h3-4,7,15H,2,5-6H2,1H3,(H,12,13). The number of anilines is 1. The first-order chi connectivity index (χ1) is 8.08. The monoisotopic (exact) mass is 259 g/mol. The van der Waals surface area contributed by atoms with Crippen LogP contribution in [0.15, 0.2) is 12.1 Å². The zero-order chi connectivity index (χ0) is 12.8. The number of nitro groups is 1. The highest BCUT2D eigenvalue weighted by Crippen LogP contribution is 2.25. The van der Waals surface area contributed by atoms with Crippen molar-refractivity contribution in [1.82, 2.24) is 4.98 Å². The Hall–Kier alpha value is -1.40. The summed E-state index contributed by atoms with van der Waals surface area (Å²) in [6.45, 7) is 1.93. The van der Waals surface area contributed by atoms with Gasteiger partial charge in [-0.1, -0.05) is 18.5 Å². The van der Waals surface area contributed by atoms with Crippen LogP contribution in [0.3, 0.4) is 0 Å². The zero-order valence-electron chi connectivity index (χ0n) is 9.39. The molecule has 1 heterocycles. The maximum Gasteiger partial charge on any atom is 0.311 e. The summed E-state index contributed by atoms with van der Waals surface area (Å²) in [4.78, 5) is 14.2. The number of pyridine rings is 1. The molecule has 1 unspecified atom stereocenters. The minimum Gasteiger partial charge on any atom is -0.396 e. The van der Waals surface area contributed by atoms with Crippen LogP contribution < -0.4 is 5.32 Å². The van der Waals surface area contributed by atoms with Crippen molar-refractivity contribution >= 4 is 23.1 Å². The van der Waals surface area contributed by atoms with Crippen molar-refractivity contribution in [3.8, 4) is 0 Å². The molecule has 1 atom stereocenters. The van der Waals surface area contributed by atoms with Crippen molar-refractivity contribution in [3.05, 3.63) is 27.4 Å². The molecular formula is C10H14ClN3O3. The van der Waals surface area contributed by atoms with Crippen LogP contribution >= 0.6 is 11.6 Å². The number of aromatic nitrogens is 1. The molecule has 0 spiro atoms. The summed E-state index contributed by atoms with van der Waals surface area (Å²) in [5, 5.41) is 22.8. The lowest BCUT2D eigenvalue weighted by Gasteiger charge is -2.16. The maximum absolute atomic E-state index is 10.8. The van der Waals surface area contributed by atoms with E-state index >= 15 is 0 Å². The van der Waals surface area contributed by atoms with Gasteiger partial charge in [-0.05, 0) is 18.9 Å². The molecule has 1 aromatic rings. The number of hydrogen-bond donors (Lipinski definition) is 2. The predicted molar refractivity (Wildman–Crippen MR) is 65.3 cm³/mol. The summed E-state index contributed by atoms with van der Waals surface area (Å²) in [5.41, 5.74) is -0.120. The Morgan fingerprint density at radius 1 is 1.65 bits per heavy atom. The number of aliphatic hydroxyl groups is 1. The number of nitrogens with one attached hydrogen (secondary N) is 1. The number of rotatable bonds is 6. The minimum absolute atomic E-state index is 0.0138. The quantitative estimate of drug-likeness (QED) is 0.465. The van der Waals surface area contributed by atoms with Crippen LogP contribution in [0.4, 0.5) is 11.5 Å². The zero-order valence-corrected chi connectivity index (χ0v) is 10.1. The van der Waals surface area contributed by atoms with Crippen LogP contribution in [0.1, 0.15) is 19.8 Å². The lowest BCUT2D eigenvalue weighted by atomic mass is 10.1. The Labute approximate surface area is 104 Å². The molecule has 0 radical (unpaired) electrons. The molecule has 0 saturated heterocycles. The number of halogens is 1. The third-order valence-electron chi connectivity index (χ3n) is 2.35. The lowest BCUT2D eigenvalue weighted by Crippen LogP contribution is -2.21. The Bertz CT molecular complexity index is 400. The van der Waals surface area contributed by atoms with Crippen molar-refractivity contribution in [2.24, 2.45) is 0 Å². The molecule has 0 fully saturated rings. The molecule has 0 aromatic carbocycles. The van der Waals surface area contributed by atoms with Gasteiger partial charge in [0.05, 0.1) is 4.92 Å². The predicted octanol–water partition coefficient (Wildman–Crippen LogP) is 2.22. The fourth-order valence-electron chi connectivity index (χ4n) is 1.41. The van der Waals surface area contributed by atoms with E-state index in [1.807, 2.05) is 6.92 Å². The molecule has 0 bridgehead atoms. The number of nitrogens with zero attached hydrogens (tertiary/aromatic N) is 2. The molecule has 2 N–H and O–H groups in total. The van der Waals surface area contributed by atoms with Crippen LogP contribution in [0.25, 0.3) is 0 Å². The van der Waals surface area contributed by atoms with Crippen LogP contribution in [-0.4, -0.2) is 27.7 Å². The largest absolute Gasteiger partial charge is 0.396 e. The summed E-state index contributed by atoms with van der Waals surface area (Å²) in [7, 11) is 0. The fourth-order valence-corrected chi connectivity index (χ4v) is 1.56. The Morgan fingerprint density at radius 2 is 2.35 bits per heavy atom. The van der Waals surface area contributed by atoms with E-state index in [0.717, 1.165) is 6.42 Å². The van der Waals surface area contributed by atoms with Gasteiger partial charge in [-0.25, -0.2) is 4.98 Å². The van der Waals surface area contributed by atoms with Crippen LogP contribution in [0.2, 0.25) is 5.15 Å². The van der Waals surface area contributed by atoms with E-state index in [9.17, 15) is 10.1 Å². The van der Waals surface area contributed by atoms with E-state index in [-0.39, 0.29) is 29.3 Å². The van der Waals surface area contributed by atoms with Gasteiger partial charge in [0.25, 0.3) is 0 Å². The van der Waals surface area contributed by atoms with Crippen molar-refractivity contribution in [3.63, 3.8) is 0 Å². The Kier molecular flexibility index (Phi) is 5.11. The highest BCUT2D eigenvalue weighted by atomic mass is 35.5. The fraction of sp³-hybridized carbons (Fsp3) is 0.500. The average molecular weight is 260 g/mol. The second-order valence-corrected chi connectivity index (χ2v) is 3.91. The maximum atomic E-state index is 10.8. The summed E-state index contributed by atoms with van der Waals surface area (Å²) >= 11 is 5.70. The van der Waals surface area contributed by atoms with Gasteiger partial charge in [0.1, 0.15) is 5.15 Å². The van der Waals surface area contributed by atoms with Gasteiger partial charge in [0, 0.05) is 18.7 Å². The van der Waals surface area contributed by atoms with Gasteiger partial charge in [-0.3, -0.25) is 10.1 Å². The number of aliphatic hydroxyl groups excluding tert-OH is 1. The SMILES string of the molecule is CCC(CCO)Nc1nc(Cl)ccc1[N+](=O)[O-]. The summed E-state index contributed by atoms with van der Waals surface area (Å²) < 4.78 is 0. The third kappa shape index (κ3) is 3.83. The van der Waals surface area contributed by atoms with Crippen LogP contribution in [0, 0.1) is 10.1 Å². The van der Waals surface area contributed by atoms with Crippen LogP contribution in [-0.2, 0) is 0 Å². The van der Waals surface area contributed by atoms with Crippen molar-refractivity contribution in [2.75, 3.05) is 11.9 Å². The van der Waals surface area contributed by atoms with E-state index < -0.39 is 4.92 Å². The van der Waals surface area contributed by atoms with Gasteiger partial charge in [0.15, 0.2) is 0 Å². The highest BCUT2D eigenvalue weighted by molar-refractivity contribution is 6.29. The second-order valence-electron chi connectivity index (χ2n) is 3.52. The summed E-state index contributed by atoms with van der Waals surface area (Å²) in [6, 6.07) is 2.62. The van der Waals surface area contributed by atoms with Gasteiger partial charge in [-0.15, -0.1) is 0 Å². The first-order valence-corrected chi connectivity index (χ1v) is 5.64. The molecule has 1 rings (SSSR count). The van der Waals surface area contributed by atoms with Gasteiger partial charge >= 0.3 is 5.69 Å². The van der Waals surface area contributed by atoms with E-state index in [0.29, 0.717) is 6.42 Å². The molecule has 0 aliphatic carbocycles. The van der Waals surface area contributed by atoms with Gasteiger partial charge in [0.2, 0.25) is 5.82 Å². The minimum atomic E-state index is -0.517. The molecular weight excluding hydrogens is 246 g/mol. The van der Waals surface area contributed by atoms with E-state index in [1.54, 1.807) is 0 Å². The lowest BCUT2D eigenvalue weighted by molar-refractivity contribution is -0.384. The van der Waals surface area contributed by atoms with E-state index in [4.69, 9.17) is 16.7 Å². The van der Waals surface area contributed by atoms with Crippen LogP contribution in [0.5, 0.6) is 0 Å². The number of hydrogen-bond acceptors (Lipinski definition) is 5.